The van der Waals surface area contributed by atoms with Crippen molar-refractivity contribution in [2.45, 2.75) is 44.0 Å². The molecular weight excluding hydrogens is 244 g/mol. The van der Waals surface area contributed by atoms with E-state index < -0.39 is 28.0 Å². The Morgan fingerprint density at radius 2 is 1.73 bits per heavy atom. The molecule has 0 heterocycles. The summed E-state index contributed by atoms with van der Waals surface area (Å²) >= 11 is 0. The summed E-state index contributed by atoms with van der Waals surface area (Å²) in [6, 6.07) is 0. The minimum atomic E-state index is -5.28. The van der Waals surface area contributed by atoms with Crippen molar-refractivity contribution in [3.05, 3.63) is 0 Å². The van der Waals surface area contributed by atoms with Gasteiger partial charge < -0.3 is 4.55 Å². The predicted molar refractivity (Wildman–Crippen MR) is 43.7 cm³/mol. The summed E-state index contributed by atoms with van der Waals surface area (Å²) in [7, 11) is -5.28. The smallest absolute Gasteiger partial charge is 0.747 e. The Balaban J connectivity index is 0. The van der Waals surface area contributed by atoms with Gasteiger partial charge in [0.05, 0.1) is 0 Å². The molecule has 0 rings (SSSR count). The van der Waals surface area contributed by atoms with Gasteiger partial charge in [0.25, 0.3) is 0 Å². The Bertz CT molecular complexity index is 263. The van der Waals surface area contributed by atoms with E-state index in [9.17, 15) is 26.1 Å². The van der Waals surface area contributed by atoms with Gasteiger partial charge in [0.2, 0.25) is 0 Å². The largest absolute Gasteiger partial charge is 1.00 e. The van der Waals surface area contributed by atoms with E-state index in [0.717, 1.165) is 0 Å². The quantitative estimate of drug-likeness (QED) is 0.362. The number of alkyl halides is 3. The maximum atomic E-state index is 12.1. The Hall–Kier alpha value is 0.700. The summed E-state index contributed by atoms with van der Waals surface area (Å²) in [6.45, 7) is 1.77. The van der Waals surface area contributed by atoms with Crippen LogP contribution in [0.2, 0.25) is 0 Å². The second-order valence-electron chi connectivity index (χ2n) is 3.02. The van der Waals surface area contributed by atoms with Crippen LogP contribution in [0.3, 0.4) is 0 Å². The number of hydrogen-bond acceptors (Lipinski definition) is 3. The Labute approximate surface area is 109 Å². The van der Waals surface area contributed by atoms with Gasteiger partial charge in [-0.2, -0.15) is 13.2 Å². The molecule has 0 fully saturated rings. The van der Waals surface area contributed by atoms with Crippen molar-refractivity contribution in [2.24, 2.45) is 0 Å². The van der Waals surface area contributed by atoms with Crippen molar-refractivity contribution < 1.29 is 55.7 Å². The minimum Gasteiger partial charge on any atom is -0.747 e. The third-order valence-electron chi connectivity index (χ3n) is 1.78. The third kappa shape index (κ3) is 7.57. The summed E-state index contributed by atoms with van der Waals surface area (Å²) in [5.41, 5.74) is 0. The van der Waals surface area contributed by atoms with E-state index >= 15 is 0 Å². The first-order valence-corrected chi connectivity index (χ1v) is 5.68. The molecule has 86 valence electrons. The van der Waals surface area contributed by atoms with E-state index in [1.54, 1.807) is 6.92 Å². The average molecular weight is 256 g/mol. The zero-order valence-electron chi connectivity index (χ0n) is 8.67. The molecule has 0 aliphatic rings. The summed E-state index contributed by atoms with van der Waals surface area (Å²) < 4.78 is 67.1. The Kier molecular flexibility index (Phi) is 8.57. The van der Waals surface area contributed by atoms with Crippen LogP contribution in [0.25, 0.3) is 0 Å². The molecule has 0 radical (unpaired) electrons. The maximum Gasteiger partial charge on any atom is 1.00 e. The summed E-state index contributed by atoms with van der Waals surface area (Å²) in [4.78, 5) is 0. The van der Waals surface area contributed by atoms with Gasteiger partial charge in [-0.15, -0.1) is 0 Å². The molecule has 8 heteroatoms. The number of rotatable bonds is 5. The van der Waals surface area contributed by atoms with Gasteiger partial charge in [-0.3, -0.25) is 0 Å². The molecule has 0 aromatic heterocycles. The molecule has 0 saturated heterocycles. The molecule has 0 bridgehead atoms. The first-order valence-electron chi connectivity index (χ1n) is 4.21. The first kappa shape index (κ1) is 18.1. The molecule has 1 unspecified atom stereocenters. The minimum absolute atomic E-state index is 0. The van der Waals surface area contributed by atoms with E-state index in [0.29, 0.717) is 12.8 Å². The van der Waals surface area contributed by atoms with Crippen molar-refractivity contribution in [3.63, 3.8) is 0 Å². The van der Waals surface area contributed by atoms with Crippen molar-refractivity contribution in [1.82, 2.24) is 0 Å². The van der Waals surface area contributed by atoms with Crippen molar-refractivity contribution in [1.29, 1.82) is 0 Å². The fraction of sp³-hybridized carbons (Fsp3) is 1.00. The van der Waals surface area contributed by atoms with E-state index in [4.69, 9.17) is 0 Å². The van der Waals surface area contributed by atoms with Crippen LogP contribution in [0.5, 0.6) is 0 Å². The standard InChI is InChI=1S/C7H13F3O3S.Na/c1-2-3-4-5-6(7(8,9)10)14(11,12)13;/h6H,2-5H2,1H3,(H,11,12,13);/q;+1/p-1. The van der Waals surface area contributed by atoms with E-state index in [1.807, 2.05) is 0 Å². The molecule has 0 amide bonds. The third-order valence-corrected chi connectivity index (χ3v) is 2.98. The van der Waals surface area contributed by atoms with Crippen LogP contribution in [0, 0.1) is 0 Å². The van der Waals surface area contributed by atoms with Crippen LogP contribution in [0.4, 0.5) is 13.2 Å². The molecule has 0 N–H and O–H groups in total. The average Bonchev–Trinajstić information content (AvgIpc) is 1.92. The van der Waals surface area contributed by atoms with E-state index in [-0.39, 0.29) is 36.0 Å². The fourth-order valence-electron chi connectivity index (χ4n) is 1.05. The van der Waals surface area contributed by atoms with Gasteiger partial charge in [-0.05, 0) is 6.42 Å². The molecule has 15 heavy (non-hydrogen) atoms. The van der Waals surface area contributed by atoms with Crippen molar-refractivity contribution >= 4 is 10.1 Å². The molecular formula is C7H12F3NaO3S. The fourth-order valence-corrected chi connectivity index (χ4v) is 1.83. The summed E-state index contributed by atoms with van der Waals surface area (Å²) in [5, 5.41) is -2.75. The number of hydrogen-bond donors (Lipinski definition) is 0. The van der Waals surface area contributed by atoms with Crippen LogP contribution in [0.15, 0.2) is 0 Å². The van der Waals surface area contributed by atoms with Gasteiger partial charge in [0.15, 0.2) is 0 Å². The van der Waals surface area contributed by atoms with Crippen LogP contribution in [0.1, 0.15) is 32.6 Å². The zero-order valence-corrected chi connectivity index (χ0v) is 11.5. The van der Waals surface area contributed by atoms with E-state index in [2.05, 4.69) is 0 Å². The van der Waals surface area contributed by atoms with Gasteiger partial charge in [0, 0.05) is 0 Å². The molecule has 3 nitrogen and oxygen atoms in total. The van der Waals surface area contributed by atoms with Crippen molar-refractivity contribution in [2.75, 3.05) is 0 Å². The summed E-state index contributed by atoms with van der Waals surface area (Å²) in [5.74, 6) is 0. The molecule has 0 aromatic rings. The topological polar surface area (TPSA) is 57.2 Å². The van der Waals surface area contributed by atoms with Crippen LogP contribution in [-0.2, 0) is 10.1 Å². The number of unbranched alkanes of at least 4 members (excludes halogenated alkanes) is 2. The van der Waals surface area contributed by atoms with Crippen molar-refractivity contribution in [3.8, 4) is 0 Å². The molecule has 0 aliphatic carbocycles. The van der Waals surface area contributed by atoms with Crippen LogP contribution < -0.4 is 29.6 Å². The van der Waals surface area contributed by atoms with E-state index in [1.165, 1.54) is 0 Å². The van der Waals surface area contributed by atoms with Crippen LogP contribution >= 0.6 is 0 Å². The van der Waals surface area contributed by atoms with Gasteiger partial charge in [-0.1, -0.05) is 26.2 Å². The molecule has 0 saturated carbocycles. The maximum absolute atomic E-state index is 12.1. The van der Waals surface area contributed by atoms with Gasteiger partial charge in [0.1, 0.15) is 15.4 Å². The van der Waals surface area contributed by atoms with Gasteiger partial charge in [-0.25, -0.2) is 8.42 Å². The Morgan fingerprint density at radius 1 is 1.27 bits per heavy atom. The second kappa shape index (κ2) is 7.11. The van der Waals surface area contributed by atoms with Gasteiger partial charge >= 0.3 is 35.7 Å². The molecule has 0 aliphatic heterocycles. The zero-order chi connectivity index (χ0) is 11.4. The molecule has 0 aromatic carbocycles. The Morgan fingerprint density at radius 3 is 2.00 bits per heavy atom. The normalized spacial score (nSPS) is 14.5. The SMILES string of the molecule is CCCCCC(C(F)(F)F)S(=O)(=O)[O-].[Na+]. The first-order chi connectivity index (χ1) is 6.19. The molecule has 1 atom stereocenters. The second-order valence-corrected chi connectivity index (χ2v) is 4.57. The predicted octanol–water partition coefficient (Wildman–Crippen LogP) is -0.953. The number of halogens is 3. The molecule has 0 spiro atoms. The summed E-state index contributed by atoms with van der Waals surface area (Å²) in [6.07, 6.45) is -4.33. The van der Waals surface area contributed by atoms with Crippen LogP contribution in [-0.4, -0.2) is 24.4 Å². The monoisotopic (exact) mass is 256 g/mol.